The molecule has 0 amide bonds. The normalized spacial score (nSPS) is 13.0. The quantitative estimate of drug-likeness (QED) is 0.814. The highest BCUT2D eigenvalue weighted by Crippen LogP contribution is 2.21. The van der Waals surface area contributed by atoms with E-state index < -0.39 is 24.3 Å². The highest BCUT2D eigenvalue weighted by atomic mass is 127. The number of aliphatic hydroxyl groups excluding tert-OH is 1. The van der Waals surface area contributed by atoms with Crippen molar-refractivity contribution in [3.8, 4) is 0 Å². The second kappa shape index (κ2) is 4.30. The molecule has 0 radical (unpaired) electrons. The van der Waals surface area contributed by atoms with Crippen molar-refractivity contribution in [1.29, 1.82) is 0 Å². The van der Waals surface area contributed by atoms with Gasteiger partial charge in [0.15, 0.2) is 0 Å². The monoisotopic (exact) mass is 299 g/mol. The maximum absolute atomic E-state index is 13.1. The first-order valence-corrected chi connectivity index (χ1v) is 4.65. The fraction of sp³-hybridized carbons (Fsp3) is 0.250. The van der Waals surface area contributed by atoms with Crippen LogP contribution in [0.1, 0.15) is 11.6 Å². The van der Waals surface area contributed by atoms with Gasteiger partial charge in [-0.1, -0.05) is 0 Å². The molecular weight excluding hydrogens is 291 g/mol. The van der Waals surface area contributed by atoms with Gasteiger partial charge in [0.2, 0.25) is 0 Å². The number of nitrogens with two attached hydrogens (primary N) is 1. The van der Waals surface area contributed by atoms with E-state index >= 15 is 0 Å². The van der Waals surface area contributed by atoms with Gasteiger partial charge >= 0.3 is 0 Å². The first kappa shape index (κ1) is 10.8. The van der Waals surface area contributed by atoms with Crippen LogP contribution in [0.3, 0.4) is 0 Å². The summed E-state index contributed by atoms with van der Waals surface area (Å²) in [6, 6.07) is 1.35. The number of benzene rings is 1. The summed E-state index contributed by atoms with van der Waals surface area (Å²) in [7, 11) is 0. The summed E-state index contributed by atoms with van der Waals surface area (Å²) in [5, 5.41) is 8.65. The van der Waals surface area contributed by atoms with Gasteiger partial charge in [-0.3, -0.25) is 0 Å². The molecule has 0 aliphatic carbocycles. The van der Waals surface area contributed by atoms with Crippen molar-refractivity contribution in [3.63, 3.8) is 0 Å². The Labute approximate surface area is 87.9 Å². The van der Waals surface area contributed by atoms with E-state index in [4.69, 9.17) is 10.8 Å². The van der Waals surface area contributed by atoms with E-state index in [2.05, 4.69) is 0 Å². The van der Waals surface area contributed by atoms with Crippen LogP contribution >= 0.6 is 22.6 Å². The number of rotatable bonds is 2. The van der Waals surface area contributed by atoms with Gasteiger partial charge in [-0.2, -0.15) is 0 Å². The molecule has 2 nitrogen and oxygen atoms in total. The predicted molar refractivity (Wildman–Crippen MR) is 53.1 cm³/mol. The summed E-state index contributed by atoms with van der Waals surface area (Å²) in [4.78, 5) is 0. The van der Waals surface area contributed by atoms with Crippen LogP contribution < -0.4 is 5.73 Å². The zero-order chi connectivity index (χ0) is 10.0. The van der Waals surface area contributed by atoms with Crippen LogP contribution in [0.25, 0.3) is 0 Å². The molecule has 0 saturated heterocycles. The smallest absolute Gasteiger partial charge is 0.132 e. The molecule has 0 unspecified atom stereocenters. The molecule has 1 aromatic rings. The first-order chi connectivity index (χ1) is 6.06. The SMILES string of the molecule is N[C@@H](CO)c1c(F)cc(I)cc1F. The number of halogens is 3. The zero-order valence-electron chi connectivity index (χ0n) is 6.60. The Kier molecular flexibility index (Phi) is 3.57. The van der Waals surface area contributed by atoms with Crippen LogP contribution in [0.4, 0.5) is 8.78 Å². The Morgan fingerprint density at radius 1 is 1.38 bits per heavy atom. The molecule has 3 N–H and O–H groups in total. The van der Waals surface area contributed by atoms with Crippen LogP contribution in [0.2, 0.25) is 0 Å². The van der Waals surface area contributed by atoms with Crippen LogP contribution in [-0.2, 0) is 0 Å². The molecule has 1 atom stereocenters. The largest absolute Gasteiger partial charge is 0.394 e. The molecule has 5 heteroatoms. The lowest BCUT2D eigenvalue weighted by molar-refractivity contribution is 0.262. The van der Waals surface area contributed by atoms with E-state index in [1.54, 1.807) is 22.6 Å². The highest BCUT2D eigenvalue weighted by Gasteiger charge is 2.16. The summed E-state index contributed by atoms with van der Waals surface area (Å²) >= 11 is 1.80. The zero-order valence-corrected chi connectivity index (χ0v) is 8.76. The third-order valence-electron chi connectivity index (χ3n) is 1.61. The van der Waals surface area contributed by atoms with Gasteiger partial charge in [0, 0.05) is 9.13 Å². The standard InChI is InChI=1S/C8H8F2INO/c9-5-1-4(11)2-6(10)8(5)7(12)3-13/h1-2,7,13H,3,12H2/t7-/m0/s1. The summed E-state index contributed by atoms with van der Waals surface area (Å²) in [5.74, 6) is -1.43. The van der Waals surface area contributed by atoms with Crippen molar-refractivity contribution in [3.05, 3.63) is 32.9 Å². The molecule has 1 rings (SSSR count). The van der Waals surface area contributed by atoms with E-state index in [1.807, 2.05) is 0 Å². The van der Waals surface area contributed by atoms with Crippen LogP contribution in [0.5, 0.6) is 0 Å². The predicted octanol–water partition coefficient (Wildman–Crippen LogP) is 1.56. The number of hydrogen-bond acceptors (Lipinski definition) is 2. The first-order valence-electron chi connectivity index (χ1n) is 3.57. The van der Waals surface area contributed by atoms with Gasteiger partial charge < -0.3 is 10.8 Å². The van der Waals surface area contributed by atoms with E-state index in [9.17, 15) is 8.78 Å². The summed E-state index contributed by atoms with van der Waals surface area (Å²) in [6.07, 6.45) is 0. The summed E-state index contributed by atoms with van der Waals surface area (Å²) < 4.78 is 26.7. The molecule has 0 bridgehead atoms. The Balaban J connectivity index is 3.20. The lowest BCUT2D eigenvalue weighted by Crippen LogP contribution is -2.18. The lowest BCUT2D eigenvalue weighted by Gasteiger charge is -2.10. The second-order valence-electron chi connectivity index (χ2n) is 2.57. The van der Waals surface area contributed by atoms with Crippen molar-refractivity contribution in [2.24, 2.45) is 5.73 Å². The van der Waals surface area contributed by atoms with Crippen LogP contribution in [0, 0.1) is 15.2 Å². The van der Waals surface area contributed by atoms with E-state index in [-0.39, 0.29) is 5.56 Å². The molecule has 13 heavy (non-hydrogen) atoms. The molecule has 0 aromatic heterocycles. The Morgan fingerprint density at radius 2 is 1.85 bits per heavy atom. The Hall–Kier alpha value is -0.270. The second-order valence-corrected chi connectivity index (χ2v) is 3.82. The minimum absolute atomic E-state index is 0.261. The van der Waals surface area contributed by atoms with Crippen LogP contribution in [-0.4, -0.2) is 11.7 Å². The van der Waals surface area contributed by atoms with Gasteiger partial charge in [0.05, 0.1) is 12.6 Å². The minimum Gasteiger partial charge on any atom is -0.394 e. The van der Waals surface area contributed by atoms with Gasteiger partial charge in [-0.05, 0) is 34.7 Å². The molecular formula is C8H8F2INO. The fourth-order valence-corrected chi connectivity index (χ4v) is 1.55. The molecule has 0 heterocycles. The Bertz CT molecular complexity index is 296. The average Bonchev–Trinajstić information content (AvgIpc) is 2.02. The molecule has 0 saturated carbocycles. The minimum atomic E-state index is -1.00. The van der Waals surface area contributed by atoms with Crippen molar-refractivity contribution in [2.45, 2.75) is 6.04 Å². The topological polar surface area (TPSA) is 46.2 Å². The Morgan fingerprint density at radius 3 is 2.23 bits per heavy atom. The van der Waals surface area contributed by atoms with Crippen molar-refractivity contribution < 1.29 is 13.9 Å². The van der Waals surface area contributed by atoms with E-state index in [0.29, 0.717) is 3.57 Å². The van der Waals surface area contributed by atoms with E-state index in [1.165, 1.54) is 12.1 Å². The molecule has 72 valence electrons. The maximum Gasteiger partial charge on any atom is 0.132 e. The highest BCUT2D eigenvalue weighted by molar-refractivity contribution is 14.1. The summed E-state index contributed by atoms with van der Waals surface area (Å²) in [6.45, 7) is -0.478. The lowest BCUT2D eigenvalue weighted by atomic mass is 10.1. The molecule has 0 fully saturated rings. The maximum atomic E-state index is 13.1. The third-order valence-corrected chi connectivity index (χ3v) is 2.23. The number of hydrogen-bond donors (Lipinski definition) is 2. The average molecular weight is 299 g/mol. The van der Waals surface area contributed by atoms with Gasteiger partial charge in [0.25, 0.3) is 0 Å². The number of aliphatic hydroxyl groups is 1. The van der Waals surface area contributed by atoms with Crippen molar-refractivity contribution in [1.82, 2.24) is 0 Å². The fourth-order valence-electron chi connectivity index (χ4n) is 0.999. The molecule has 0 aliphatic rings. The summed E-state index contributed by atoms with van der Waals surface area (Å²) in [5.41, 5.74) is 5.05. The van der Waals surface area contributed by atoms with E-state index in [0.717, 1.165) is 0 Å². The molecule has 0 aliphatic heterocycles. The van der Waals surface area contributed by atoms with Gasteiger partial charge in [-0.25, -0.2) is 8.78 Å². The van der Waals surface area contributed by atoms with Crippen molar-refractivity contribution in [2.75, 3.05) is 6.61 Å². The third kappa shape index (κ3) is 2.35. The van der Waals surface area contributed by atoms with Gasteiger partial charge in [-0.15, -0.1) is 0 Å². The van der Waals surface area contributed by atoms with Gasteiger partial charge in [0.1, 0.15) is 11.6 Å². The van der Waals surface area contributed by atoms with Crippen LogP contribution in [0.15, 0.2) is 12.1 Å². The molecule has 0 spiro atoms. The van der Waals surface area contributed by atoms with Crippen molar-refractivity contribution >= 4 is 22.6 Å². The molecule has 1 aromatic carbocycles.